The van der Waals surface area contributed by atoms with E-state index in [1.54, 1.807) is 0 Å². The summed E-state index contributed by atoms with van der Waals surface area (Å²) in [6, 6.07) is 41.3. The van der Waals surface area contributed by atoms with Gasteiger partial charge in [0.15, 0.2) is 0 Å². The molecular formula is C37H26O2. The van der Waals surface area contributed by atoms with Gasteiger partial charge in [-0.2, -0.15) is 0 Å². The standard InChI is InChI=1S/C37H26O2/c1-2-21-38-25-19-17-23(18-20-25)26-10-3-4-11-27(26)32-22-24-9-7-15-31-34(24)35-28(32)13-8-14-30(35)36-29-12-5-6-16-33(29)39-37(31)36/h3-20,22H,2,21H2,1H3. The number of rotatable bonds is 5. The highest BCUT2D eigenvalue weighted by Crippen LogP contribution is 2.47. The molecule has 0 amide bonds. The van der Waals surface area contributed by atoms with Gasteiger partial charge in [0.05, 0.1) is 6.61 Å². The summed E-state index contributed by atoms with van der Waals surface area (Å²) in [6.07, 6.45) is 0.999. The predicted octanol–water partition coefficient (Wildman–Crippen LogP) is 10.6. The van der Waals surface area contributed by atoms with Crippen molar-refractivity contribution >= 4 is 54.3 Å². The largest absolute Gasteiger partial charge is 0.494 e. The maximum Gasteiger partial charge on any atom is 0.143 e. The van der Waals surface area contributed by atoms with Gasteiger partial charge in [-0.3, -0.25) is 0 Å². The van der Waals surface area contributed by atoms with Crippen molar-refractivity contribution in [3.8, 4) is 28.0 Å². The van der Waals surface area contributed by atoms with Crippen molar-refractivity contribution in [2.24, 2.45) is 0 Å². The van der Waals surface area contributed by atoms with E-state index < -0.39 is 0 Å². The van der Waals surface area contributed by atoms with Crippen molar-refractivity contribution in [3.05, 3.63) is 115 Å². The molecule has 8 rings (SSSR count). The number of hydrogen-bond acceptors (Lipinski definition) is 2. The monoisotopic (exact) mass is 502 g/mol. The van der Waals surface area contributed by atoms with Crippen LogP contribution in [0.25, 0.3) is 76.5 Å². The highest BCUT2D eigenvalue weighted by molar-refractivity contribution is 6.38. The second-order valence-electron chi connectivity index (χ2n) is 10.3. The normalized spacial score (nSPS) is 11.9. The zero-order chi connectivity index (χ0) is 25.9. The van der Waals surface area contributed by atoms with Crippen LogP contribution in [0.4, 0.5) is 0 Å². The first-order valence-electron chi connectivity index (χ1n) is 13.6. The van der Waals surface area contributed by atoms with Crippen LogP contribution in [-0.4, -0.2) is 6.61 Å². The van der Waals surface area contributed by atoms with Gasteiger partial charge in [0.25, 0.3) is 0 Å². The zero-order valence-electron chi connectivity index (χ0n) is 21.7. The number of para-hydroxylation sites is 1. The Labute approximate surface area is 226 Å². The highest BCUT2D eigenvalue weighted by Gasteiger charge is 2.21. The molecule has 2 nitrogen and oxygen atoms in total. The van der Waals surface area contributed by atoms with Gasteiger partial charge in [-0.05, 0) is 74.5 Å². The number of hydrogen-bond donors (Lipinski definition) is 0. The number of furan rings is 1. The minimum absolute atomic E-state index is 0.733. The minimum Gasteiger partial charge on any atom is -0.494 e. The zero-order valence-corrected chi connectivity index (χ0v) is 21.7. The quantitative estimate of drug-likeness (QED) is 0.218. The third-order valence-electron chi connectivity index (χ3n) is 7.97. The first-order valence-corrected chi connectivity index (χ1v) is 13.6. The van der Waals surface area contributed by atoms with E-state index in [4.69, 9.17) is 9.15 Å². The number of ether oxygens (including phenoxy) is 1. The topological polar surface area (TPSA) is 22.4 Å². The van der Waals surface area contributed by atoms with E-state index in [1.807, 2.05) is 6.07 Å². The van der Waals surface area contributed by atoms with Crippen LogP contribution >= 0.6 is 0 Å². The fourth-order valence-corrected chi connectivity index (χ4v) is 6.29. The molecule has 0 unspecified atom stereocenters. The summed E-state index contributed by atoms with van der Waals surface area (Å²) in [5, 5.41) is 9.84. The highest BCUT2D eigenvalue weighted by atomic mass is 16.5. The lowest BCUT2D eigenvalue weighted by molar-refractivity contribution is 0.317. The van der Waals surface area contributed by atoms with Gasteiger partial charge < -0.3 is 9.15 Å². The first kappa shape index (κ1) is 22.2. The average molecular weight is 503 g/mol. The van der Waals surface area contributed by atoms with Crippen molar-refractivity contribution < 1.29 is 9.15 Å². The van der Waals surface area contributed by atoms with Crippen molar-refractivity contribution in [3.63, 3.8) is 0 Å². The van der Waals surface area contributed by atoms with Gasteiger partial charge in [0, 0.05) is 21.5 Å². The maximum absolute atomic E-state index is 6.48. The summed E-state index contributed by atoms with van der Waals surface area (Å²) < 4.78 is 12.3. The van der Waals surface area contributed by atoms with Crippen molar-refractivity contribution in [2.75, 3.05) is 6.61 Å². The SMILES string of the molecule is CCCOc1ccc(-c2ccccc2-c2cc3cccc4c5oc6ccccc6c5c5cccc2c5c34)cc1. The average Bonchev–Trinajstić information content (AvgIpc) is 3.39. The van der Waals surface area contributed by atoms with Gasteiger partial charge in [0.2, 0.25) is 0 Å². The Kier molecular flexibility index (Phi) is 4.90. The molecule has 8 aromatic rings. The number of benzene rings is 7. The van der Waals surface area contributed by atoms with Crippen LogP contribution in [0.15, 0.2) is 120 Å². The van der Waals surface area contributed by atoms with Gasteiger partial charge in [0.1, 0.15) is 16.9 Å². The second kappa shape index (κ2) is 8.61. The van der Waals surface area contributed by atoms with E-state index in [9.17, 15) is 0 Å². The van der Waals surface area contributed by atoms with Gasteiger partial charge in [-0.25, -0.2) is 0 Å². The molecule has 0 aliphatic rings. The molecule has 0 fully saturated rings. The lowest BCUT2D eigenvalue weighted by Crippen LogP contribution is -1.94. The molecule has 1 heterocycles. The Balaban J connectivity index is 1.45. The molecule has 186 valence electrons. The van der Waals surface area contributed by atoms with Crippen LogP contribution in [0.5, 0.6) is 5.75 Å². The third kappa shape index (κ3) is 3.28. The molecule has 0 spiro atoms. The fraction of sp³-hybridized carbons (Fsp3) is 0.0811. The molecule has 0 aliphatic heterocycles. The smallest absolute Gasteiger partial charge is 0.143 e. The molecule has 0 saturated carbocycles. The van der Waals surface area contributed by atoms with Gasteiger partial charge >= 0.3 is 0 Å². The maximum atomic E-state index is 6.48. The Hall–Kier alpha value is -4.82. The van der Waals surface area contributed by atoms with Crippen LogP contribution in [0.3, 0.4) is 0 Å². The third-order valence-corrected chi connectivity index (χ3v) is 7.97. The summed E-state index contributed by atoms with van der Waals surface area (Å²) in [7, 11) is 0. The molecule has 39 heavy (non-hydrogen) atoms. The lowest BCUT2D eigenvalue weighted by atomic mass is 9.85. The molecule has 0 N–H and O–H groups in total. The van der Waals surface area contributed by atoms with Crippen molar-refractivity contribution in [1.82, 2.24) is 0 Å². The second-order valence-corrected chi connectivity index (χ2v) is 10.3. The Morgan fingerprint density at radius 2 is 1.28 bits per heavy atom. The summed E-state index contributed by atoms with van der Waals surface area (Å²) in [5.41, 5.74) is 6.78. The Morgan fingerprint density at radius 1 is 0.564 bits per heavy atom. The predicted molar refractivity (Wildman–Crippen MR) is 164 cm³/mol. The van der Waals surface area contributed by atoms with Gasteiger partial charge in [-0.15, -0.1) is 0 Å². The van der Waals surface area contributed by atoms with Crippen LogP contribution in [0.1, 0.15) is 13.3 Å². The van der Waals surface area contributed by atoms with Crippen LogP contribution in [-0.2, 0) is 0 Å². The van der Waals surface area contributed by atoms with Crippen molar-refractivity contribution in [1.29, 1.82) is 0 Å². The summed E-state index contributed by atoms with van der Waals surface area (Å²) >= 11 is 0. The summed E-state index contributed by atoms with van der Waals surface area (Å²) in [5.74, 6) is 0.914. The molecule has 7 aromatic carbocycles. The molecule has 1 aromatic heterocycles. The van der Waals surface area contributed by atoms with E-state index >= 15 is 0 Å². The summed E-state index contributed by atoms with van der Waals surface area (Å²) in [6.45, 7) is 2.86. The molecule has 0 radical (unpaired) electrons. The first-order chi connectivity index (χ1) is 19.3. The van der Waals surface area contributed by atoms with Crippen LogP contribution < -0.4 is 4.74 Å². The minimum atomic E-state index is 0.733. The van der Waals surface area contributed by atoms with E-state index in [-0.39, 0.29) is 0 Å². The van der Waals surface area contributed by atoms with Crippen LogP contribution in [0.2, 0.25) is 0 Å². The Morgan fingerprint density at radius 3 is 2.15 bits per heavy atom. The lowest BCUT2D eigenvalue weighted by Gasteiger charge is -2.18. The van der Waals surface area contributed by atoms with E-state index in [1.165, 1.54) is 65.3 Å². The van der Waals surface area contributed by atoms with Crippen molar-refractivity contribution in [2.45, 2.75) is 13.3 Å². The molecule has 0 saturated heterocycles. The molecule has 0 bridgehead atoms. The fourth-order valence-electron chi connectivity index (χ4n) is 6.29. The summed E-state index contributed by atoms with van der Waals surface area (Å²) in [4.78, 5) is 0. The molecule has 2 heteroatoms. The van der Waals surface area contributed by atoms with E-state index in [2.05, 4.69) is 116 Å². The molecular weight excluding hydrogens is 476 g/mol. The molecule has 0 aliphatic carbocycles. The Bertz CT molecular complexity index is 2150. The van der Waals surface area contributed by atoms with Gasteiger partial charge in [-0.1, -0.05) is 97.9 Å². The number of fused-ring (bicyclic) bond motifs is 5. The van der Waals surface area contributed by atoms with Crippen LogP contribution in [0, 0.1) is 0 Å². The molecule has 0 atom stereocenters. The van der Waals surface area contributed by atoms with E-state index in [0.29, 0.717) is 0 Å². The van der Waals surface area contributed by atoms with E-state index in [0.717, 1.165) is 29.9 Å².